The van der Waals surface area contributed by atoms with Gasteiger partial charge in [-0.15, -0.1) is 0 Å². The fourth-order valence-corrected chi connectivity index (χ4v) is 4.87. The Hall–Kier alpha value is -2.42. The van der Waals surface area contributed by atoms with E-state index in [9.17, 15) is 4.79 Å². The lowest BCUT2D eigenvalue weighted by molar-refractivity contribution is -0.159. The highest BCUT2D eigenvalue weighted by molar-refractivity contribution is 5.89. The molecule has 0 unspecified atom stereocenters. The van der Waals surface area contributed by atoms with Crippen LogP contribution in [0.3, 0.4) is 0 Å². The van der Waals surface area contributed by atoms with Crippen LogP contribution in [-0.4, -0.2) is 88.2 Å². The van der Waals surface area contributed by atoms with Crippen LogP contribution in [0.2, 0.25) is 0 Å². The molecule has 3 aliphatic rings. The van der Waals surface area contributed by atoms with E-state index in [0.29, 0.717) is 13.2 Å². The van der Waals surface area contributed by atoms with Crippen molar-refractivity contribution >= 4 is 11.7 Å². The number of amides is 2. The number of rotatable bonds is 3. The monoisotopic (exact) mass is 382 g/mol. The van der Waals surface area contributed by atoms with Crippen LogP contribution in [0.25, 0.3) is 0 Å². The molecule has 2 N–H and O–H groups in total. The standard InChI is InChI=1S/C20H26N6O2/c27-19(23-16-4-2-1-3-5-16)25-10-18-11-28-7-6-26(18)20(14-25)12-24(13-20)9-17-8-21-15-22-17/h1-5,8,15,18H,6-7,9-14H2,(H,21,22)(H,23,27)/t18-/m1/s1. The number of aromatic nitrogens is 2. The first-order valence-corrected chi connectivity index (χ1v) is 9.87. The predicted octanol–water partition coefficient (Wildman–Crippen LogP) is 1.21. The highest BCUT2D eigenvalue weighted by Crippen LogP contribution is 2.36. The Morgan fingerprint density at radius 1 is 1.29 bits per heavy atom. The van der Waals surface area contributed by atoms with E-state index >= 15 is 0 Å². The molecule has 3 fully saturated rings. The van der Waals surface area contributed by atoms with Crippen molar-refractivity contribution in [2.75, 3.05) is 51.3 Å². The van der Waals surface area contributed by atoms with Crippen molar-refractivity contribution < 1.29 is 9.53 Å². The van der Waals surface area contributed by atoms with E-state index in [4.69, 9.17) is 4.74 Å². The molecule has 8 nitrogen and oxygen atoms in total. The Labute approximate surface area is 164 Å². The number of H-pyrrole nitrogens is 1. The lowest BCUT2D eigenvalue weighted by Crippen LogP contribution is -2.80. The Kier molecular flexibility index (Phi) is 4.54. The molecule has 0 bridgehead atoms. The van der Waals surface area contributed by atoms with Crippen LogP contribution in [-0.2, 0) is 11.3 Å². The van der Waals surface area contributed by atoms with Crippen LogP contribution < -0.4 is 5.32 Å². The zero-order valence-electron chi connectivity index (χ0n) is 15.9. The smallest absolute Gasteiger partial charge is 0.321 e. The van der Waals surface area contributed by atoms with Crippen molar-refractivity contribution in [2.45, 2.75) is 18.1 Å². The third kappa shape index (κ3) is 3.28. The van der Waals surface area contributed by atoms with Crippen LogP contribution in [0.1, 0.15) is 5.69 Å². The number of carbonyl (C=O) groups is 1. The van der Waals surface area contributed by atoms with Crippen LogP contribution >= 0.6 is 0 Å². The van der Waals surface area contributed by atoms with Crippen molar-refractivity contribution in [3.8, 4) is 0 Å². The lowest BCUT2D eigenvalue weighted by atomic mass is 9.82. The van der Waals surface area contributed by atoms with E-state index in [1.807, 2.05) is 41.4 Å². The van der Waals surface area contributed by atoms with Crippen LogP contribution in [0.15, 0.2) is 42.9 Å². The number of para-hydroxylation sites is 1. The molecule has 2 amide bonds. The van der Waals surface area contributed by atoms with Gasteiger partial charge in [-0.05, 0) is 12.1 Å². The number of anilines is 1. The van der Waals surface area contributed by atoms with Crippen molar-refractivity contribution in [3.63, 3.8) is 0 Å². The summed E-state index contributed by atoms with van der Waals surface area (Å²) in [5.74, 6) is 0. The molecule has 1 aromatic carbocycles. The summed E-state index contributed by atoms with van der Waals surface area (Å²) in [5, 5.41) is 3.04. The molecule has 1 aromatic heterocycles. The fourth-order valence-electron chi connectivity index (χ4n) is 4.87. The van der Waals surface area contributed by atoms with Gasteiger partial charge in [0.05, 0.1) is 31.1 Å². The number of urea groups is 1. The van der Waals surface area contributed by atoms with Crippen LogP contribution in [0, 0.1) is 0 Å². The number of likely N-dealkylation sites (tertiary alicyclic amines) is 1. The van der Waals surface area contributed by atoms with E-state index < -0.39 is 0 Å². The number of aromatic amines is 1. The molecule has 0 aliphatic carbocycles. The number of carbonyl (C=O) groups excluding carboxylic acids is 1. The number of benzene rings is 1. The number of nitrogens with one attached hydrogen (secondary N) is 2. The van der Waals surface area contributed by atoms with Gasteiger partial charge in [-0.2, -0.15) is 0 Å². The molecule has 28 heavy (non-hydrogen) atoms. The Morgan fingerprint density at radius 3 is 2.93 bits per heavy atom. The number of morpholine rings is 1. The largest absolute Gasteiger partial charge is 0.378 e. The molecular weight excluding hydrogens is 356 g/mol. The van der Waals surface area contributed by atoms with Gasteiger partial charge in [0.25, 0.3) is 0 Å². The van der Waals surface area contributed by atoms with E-state index in [1.165, 1.54) is 0 Å². The van der Waals surface area contributed by atoms with Crippen molar-refractivity contribution in [1.29, 1.82) is 0 Å². The molecular formula is C20H26N6O2. The minimum absolute atomic E-state index is 0.0146. The van der Waals surface area contributed by atoms with Gasteiger partial charge < -0.3 is 19.9 Å². The number of hydrogen-bond acceptors (Lipinski definition) is 5. The third-order valence-corrected chi connectivity index (χ3v) is 6.05. The quantitative estimate of drug-likeness (QED) is 0.835. The van der Waals surface area contributed by atoms with Gasteiger partial charge in [0, 0.05) is 56.8 Å². The van der Waals surface area contributed by atoms with Crippen LogP contribution in [0.5, 0.6) is 0 Å². The Balaban J connectivity index is 1.29. The molecule has 0 radical (unpaired) electrons. The average molecular weight is 382 g/mol. The number of ether oxygens (including phenoxy) is 1. The number of imidazole rings is 1. The number of hydrogen-bond donors (Lipinski definition) is 2. The molecule has 0 saturated carbocycles. The fraction of sp³-hybridized carbons (Fsp3) is 0.500. The summed E-state index contributed by atoms with van der Waals surface area (Å²) in [6, 6.07) is 9.89. The van der Waals surface area contributed by atoms with Gasteiger partial charge >= 0.3 is 6.03 Å². The second kappa shape index (κ2) is 7.20. The van der Waals surface area contributed by atoms with Gasteiger partial charge in [-0.3, -0.25) is 9.80 Å². The van der Waals surface area contributed by atoms with Gasteiger partial charge in [0.1, 0.15) is 0 Å². The average Bonchev–Trinajstić information content (AvgIpc) is 3.20. The van der Waals surface area contributed by atoms with Crippen molar-refractivity contribution in [1.82, 2.24) is 24.7 Å². The number of fused-ring (bicyclic) bond motifs is 2. The predicted molar refractivity (Wildman–Crippen MR) is 105 cm³/mol. The molecule has 3 saturated heterocycles. The Bertz CT molecular complexity index is 805. The topological polar surface area (TPSA) is 76.7 Å². The minimum Gasteiger partial charge on any atom is -0.378 e. The molecule has 1 atom stereocenters. The van der Waals surface area contributed by atoms with Crippen molar-refractivity contribution in [2.24, 2.45) is 0 Å². The first-order chi connectivity index (χ1) is 13.7. The summed E-state index contributed by atoms with van der Waals surface area (Å²) in [7, 11) is 0. The molecule has 5 rings (SSSR count). The number of nitrogens with zero attached hydrogens (tertiary/aromatic N) is 4. The van der Waals surface area contributed by atoms with Gasteiger partial charge in [-0.1, -0.05) is 18.2 Å². The second-order valence-corrected chi connectivity index (χ2v) is 8.05. The second-order valence-electron chi connectivity index (χ2n) is 8.05. The molecule has 148 valence electrons. The molecule has 2 aromatic rings. The maximum absolute atomic E-state index is 12.9. The van der Waals surface area contributed by atoms with E-state index in [1.54, 1.807) is 6.33 Å². The lowest BCUT2D eigenvalue weighted by Gasteiger charge is -2.63. The Morgan fingerprint density at radius 2 is 2.14 bits per heavy atom. The molecule has 3 aliphatic heterocycles. The zero-order valence-corrected chi connectivity index (χ0v) is 15.9. The third-order valence-electron chi connectivity index (χ3n) is 6.05. The summed E-state index contributed by atoms with van der Waals surface area (Å²) in [6.45, 7) is 6.65. The first-order valence-electron chi connectivity index (χ1n) is 9.87. The summed E-state index contributed by atoms with van der Waals surface area (Å²) in [4.78, 5) is 27.2. The SMILES string of the molecule is O=C(Nc1ccccc1)N1C[C@@H]2COCCN2C2(CN(Cc3cnc[nH]3)C2)C1. The van der Waals surface area contributed by atoms with E-state index in [0.717, 1.165) is 50.7 Å². The zero-order chi connectivity index (χ0) is 19.0. The summed E-state index contributed by atoms with van der Waals surface area (Å²) >= 11 is 0. The highest BCUT2D eigenvalue weighted by Gasteiger charge is 2.54. The van der Waals surface area contributed by atoms with Gasteiger partial charge in [-0.25, -0.2) is 9.78 Å². The van der Waals surface area contributed by atoms with E-state index in [2.05, 4.69) is 25.1 Å². The minimum atomic E-state index is -0.0252. The summed E-state index contributed by atoms with van der Waals surface area (Å²) in [6.07, 6.45) is 3.60. The summed E-state index contributed by atoms with van der Waals surface area (Å²) in [5.41, 5.74) is 1.97. The van der Waals surface area contributed by atoms with Crippen LogP contribution in [0.4, 0.5) is 10.5 Å². The molecule has 1 spiro atoms. The summed E-state index contributed by atoms with van der Waals surface area (Å²) < 4.78 is 5.73. The van der Waals surface area contributed by atoms with Gasteiger partial charge in [0.2, 0.25) is 0 Å². The number of piperazine rings is 1. The van der Waals surface area contributed by atoms with E-state index in [-0.39, 0.29) is 17.6 Å². The van der Waals surface area contributed by atoms with Gasteiger partial charge in [0.15, 0.2) is 0 Å². The first kappa shape index (κ1) is 17.7. The molecule has 4 heterocycles. The normalized spacial score (nSPS) is 24.6. The van der Waals surface area contributed by atoms with Crippen molar-refractivity contribution in [3.05, 3.63) is 48.5 Å². The highest BCUT2D eigenvalue weighted by atomic mass is 16.5. The maximum Gasteiger partial charge on any atom is 0.321 e. The molecule has 8 heteroatoms. The maximum atomic E-state index is 12.9.